The van der Waals surface area contributed by atoms with Gasteiger partial charge in [-0.1, -0.05) is 12.1 Å². The molecular formula is C35H44F3N9O3. The Labute approximate surface area is 289 Å². The number of likely N-dealkylation sites (tertiary alicyclic amines) is 1. The Morgan fingerprint density at radius 1 is 1.14 bits per heavy atom. The van der Waals surface area contributed by atoms with E-state index in [0.717, 1.165) is 44.3 Å². The number of carbonyl (C=O) groups excluding carboxylic acids is 1. The fourth-order valence-electron chi connectivity index (χ4n) is 8.55. The Bertz CT molecular complexity index is 1780. The van der Waals surface area contributed by atoms with Crippen LogP contribution in [0.25, 0.3) is 6.08 Å². The Morgan fingerprint density at radius 2 is 1.90 bits per heavy atom. The van der Waals surface area contributed by atoms with Crippen molar-refractivity contribution in [3.05, 3.63) is 51.9 Å². The van der Waals surface area contributed by atoms with Gasteiger partial charge in [-0.2, -0.15) is 28.1 Å². The average Bonchev–Trinajstić information content (AvgIpc) is 3.86. The molecule has 0 bridgehead atoms. The van der Waals surface area contributed by atoms with E-state index < -0.39 is 17.7 Å². The molecule has 3 saturated heterocycles. The van der Waals surface area contributed by atoms with E-state index in [0.29, 0.717) is 49.9 Å². The molecular weight excluding hydrogens is 651 g/mol. The topological polar surface area (TPSA) is 140 Å². The van der Waals surface area contributed by atoms with E-state index in [2.05, 4.69) is 24.9 Å². The molecule has 12 nitrogen and oxygen atoms in total. The third kappa shape index (κ3) is 6.51. The van der Waals surface area contributed by atoms with Crippen LogP contribution >= 0.6 is 0 Å². The van der Waals surface area contributed by atoms with Gasteiger partial charge in [-0.3, -0.25) is 9.69 Å². The normalized spacial score (nSPS) is 23.4. The van der Waals surface area contributed by atoms with Gasteiger partial charge in [0.25, 0.3) is 5.89 Å². The van der Waals surface area contributed by atoms with Crippen molar-refractivity contribution in [2.75, 3.05) is 50.5 Å². The molecule has 7 rings (SSSR count). The predicted molar refractivity (Wildman–Crippen MR) is 179 cm³/mol. The first-order valence-electron chi connectivity index (χ1n) is 17.4. The lowest BCUT2D eigenvalue weighted by Crippen LogP contribution is -2.43. The van der Waals surface area contributed by atoms with Gasteiger partial charge in [0.2, 0.25) is 5.91 Å². The van der Waals surface area contributed by atoms with Gasteiger partial charge in [-0.25, -0.2) is 4.98 Å². The lowest BCUT2D eigenvalue weighted by atomic mass is 9.75. The zero-order valence-electron chi connectivity index (χ0n) is 29.0. The van der Waals surface area contributed by atoms with Crippen LogP contribution in [-0.2, 0) is 23.8 Å². The smallest absolute Gasteiger partial charge is 0.418 e. The van der Waals surface area contributed by atoms with Crippen LogP contribution in [-0.4, -0.2) is 92.2 Å². The van der Waals surface area contributed by atoms with Crippen molar-refractivity contribution in [1.82, 2.24) is 34.9 Å². The fraction of sp³-hybridized carbons (Fsp3) is 0.600. The molecule has 6 heterocycles. The number of pyridine rings is 1. The quantitative estimate of drug-likeness (QED) is 0.327. The molecule has 0 saturated carbocycles. The molecule has 3 aromatic heterocycles. The Kier molecular flexibility index (Phi) is 8.97. The minimum absolute atomic E-state index is 0.0350. The number of nitrogens with two attached hydrogens (primary N) is 1. The van der Waals surface area contributed by atoms with Crippen molar-refractivity contribution in [3.63, 3.8) is 0 Å². The van der Waals surface area contributed by atoms with E-state index in [4.69, 9.17) is 25.0 Å². The fourth-order valence-corrected chi connectivity index (χ4v) is 8.55. The summed E-state index contributed by atoms with van der Waals surface area (Å²) >= 11 is 0. The second-order valence-electron chi connectivity index (χ2n) is 14.4. The molecule has 4 aliphatic rings. The number of aryl methyl sites for hydroxylation is 2. The summed E-state index contributed by atoms with van der Waals surface area (Å²) < 4.78 is 54.8. The largest absolute Gasteiger partial charge is 0.461 e. The number of likely N-dealkylation sites (N-methyl/N-ethyl adjacent to an activating group) is 1. The molecule has 3 aromatic rings. The highest BCUT2D eigenvalue weighted by atomic mass is 19.4. The van der Waals surface area contributed by atoms with Crippen LogP contribution in [0.1, 0.15) is 84.7 Å². The number of ether oxygens (including phenoxy) is 1. The highest BCUT2D eigenvalue weighted by molar-refractivity contribution is 5.91. The highest BCUT2D eigenvalue weighted by Gasteiger charge is 2.46. The number of nitrogens with zero attached hydrogens (tertiary/aromatic N) is 8. The number of hydrogen-bond donors (Lipinski definition) is 1. The maximum Gasteiger partial charge on any atom is 0.418 e. The van der Waals surface area contributed by atoms with Crippen molar-refractivity contribution in [3.8, 4) is 6.01 Å². The summed E-state index contributed by atoms with van der Waals surface area (Å²) in [6.45, 7) is 8.67. The summed E-state index contributed by atoms with van der Waals surface area (Å²) in [4.78, 5) is 37.7. The first-order chi connectivity index (χ1) is 23.8. The van der Waals surface area contributed by atoms with Gasteiger partial charge in [0.15, 0.2) is 5.82 Å². The van der Waals surface area contributed by atoms with Gasteiger partial charge in [-0.15, -0.1) is 0 Å². The Balaban J connectivity index is 1.19. The number of carbonyl (C=O) groups is 1. The first kappa shape index (κ1) is 34.2. The SMILES string of the molecule is Cc1noc(/C=C/C(=O)N2CC[C@@H](N(C)c3nc(OCC45CCCN4CCC5)nc4c3C[C@@H](C)[C@H](c3nc(N)cc(C)c3C(F)(F)F)C4)C2)n1. The van der Waals surface area contributed by atoms with Crippen LogP contribution in [0.5, 0.6) is 6.01 Å². The van der Waals surface area contributed by atoms with Crippen LogP contribution < -0.4 is 15.4 Å². The van der Waals surface area contributed by atoms with Gasteiger partial charge < -0.3 is 24.8 Å². The second kappa shape index (κ2) is 13.1. The van der Waals surface area contributed by atoms with Crippen molar-refractivity contribution in [2.24, 2.45) is 5.92 Å². The average molecular weight is 696 g/mol. The molecule has 3 atom stereocenters. The maximum atomic E-state index is 14.4. The summed E-state index contributed by atoms with van der Waals surface area (Å²) in [5.41, 5.74) is 6.83. The minimum atomic E-state index is -4.58. The van der Waals surface area contributed by atoms with Gasteiger partial charge in [0, 0.05) is 49.8 Å². The zero-order chi connectivity index (χ0) is 35.4. The van der Waals surface area contributed by atoms with Crippen LogP contribution in [0.2, 0.25) is 0 Å². The van der Waals surface area contributed by atoms with E-state index >= 15 is 0 Å². The van der Waals surface area contributed by atoms with Crippen LogP contribution in [0.4, 0.5) is 24.8 Å². The summed E-state index contributed by atoms with van der Waals surface area (Å²) in [6.07, 6.45) is 4.12. The molecule has 2 N–H and O–H groups in total. The third-order valence-corrected chi connectivity index (χ3v) is 11.1. The Morgan fingerprint density at radius 3 is 2.60 bits per heavy atom. The highest BCUT2D eigenvalue weighted by Crippen LogP contribution is 2.45. The second-order valence-corrected chi connectivity index (χ2v) is 14.4. The van der Waals surface area contributed by atoms with Gasteiger partial charge >= 0.3 is 12.2 Å². The van der Waals surface area contributed by atoms with Crippen molar-refractivity contribution < 1.29 is 27.2 Å². The maximum absolute atomic E-state index is 14.4. The summed E-state index contributed by atoms with van der Waals surface area (Å²) in [5, 5.41) is 3.75. The van der Waals surface area contributed by atoms with Crippen LogP contribution in [0, 0.1) is 19.8 Å². The number of halogens is 3. The van der Waals surface area contributed by atoms with Crippen molar-refractivity contribution in [2.45, 2.75) is 89.4 Å². The number of fused-ring (bicyclic) bond motifs is 2. The summed E-state index contributed by atoms with van der Waals surface area (Å²) in [5.74, 6) is 0.575. The predicted octanol–water partition coefficient (Wildman–Crippen LogP) is 4.75. The molecule has 15 heteroatoms. The standard InChI is InChI=1S/C35H44F3N9O3/c1-20-15-25-26(17-24(20)31-30(35(36,37)38)21(2)16-27(39)42-31)41-33(49-19-34-10-5-12-47(34)13-6-11-34)43-32(25)45(4)23-9-14-46(18-23)29(48)8-7-28-40-22(3)44-50-28/h7-8,16,20,23-24H,5-6,9-15,17-19H2,1-4H3,(H2,39,42)/b8-7+/t20-,23-,24-/m1/s1. The lowest BCUT2D eigenvalue weighted by Gasteiger charge is -2.36. The number of aromatic nitrogens is 5. The molecule has 50 heavy (non-hydrogen) atoms. The third-order valence-electron chi connectivity index (χ3n) is 11.1. The molecule has 0 spiro atoms. The van der Waals surface area contributed by atoms with E-state index in [1.807, 2.05) is 14.0 Å². The number of rotatable bonds is 8. The number of anilines is 2. The van der Waals surface area contributed by atoms with Crippen LogP contribution in [0.3, 0.4) is 0 Å². The molecule has 1 aliphatic carbocycles. The molecule has 3 fully saturated rings. The van der Waals surface area contributed by atoms with E-state index in [1.54, 1.807) is 11.8 Å². The Hall–Kier alpha value is -4.27. The van der Waals surface area contributed by atoms with Gasteiger partial charge in [-0.05, 0) is 89.4 Å². The zero-order valence-corrected chi connectivity index (χ0v) is 29.0. The molecule has 0 aromatic carbocycles. The van der Waals surface area contributed by atoms with Crippen molar-refractivity contribution in [1.29, 1.82) is 0 Å². The summed E-state index contributed by atoms with van der Waals surface area (Å²) in [6, 6.07) is 1.46. The molecule has 268 valence electrons. The lowest BCUT2D eigenvalue weighted by molar-refractivity contribution is -0.139. The van der Waals surface area contributed by atoms with Gasteiger partial charge in [0.1, 0.15) is 18.2 Å². The van der Waals surface area contributed by atoms with E-state index in [9.17, 15) is 18.0 Å². The minimum Gasteiger partial charge on any atom is -0.461 e. The number of amides is 1. The monoisotopic (exact) mass is 695 g/mol. The van der Waals surface area contributed by atoms with E-state index in [1.165, 1.54) is 25.1 Å². The number of alkyl halides is 3. The first-order valence-corrected chi connectivity index (χ1v) is 17.4. The molecule has 0 radical (unpaired) electrons. The van der Waals surface area contributed by atoms with Crippen molar-refractivity contribution >= 4 is 23.6 Å². The summed E-state index contributed by atoms with van der Waals surface area (Å²) in [7, 11) is 1.96. The van der Waals surface area contributed by atoms with Gasteiger partial charge in [0.05, 0.1) is 22.5 Å². The molecule has 3 aliphatic heterocycles. The number of nitrogen functional groups attached to an aromatic ring is 1. The number of hydrogen-bond acceptors (Lipinski definition) is 11. The molecule has 1 amide bonds. The molecule has 0 unspecified atom stereocenters. The van der Waals surface area contributed by atoms with Crippen LogP contribution in [0.15, 0.2) is 16.7 Å². The van der Waals surface area contributed by atoms with E-state index in [-0.39, 0.29) is 58.8 Å².